The zero-order chi connectivity index (χ0) is 9.68. The Bertz CT molecular complexity index is 279. The molecule has 0 spiro atoms. The molecule has 1 N–H and O–H groups in total. The zero-order valence-corrected chi connectivity index (χ0v) is 9.91. The average molecular weight is 236 g/mol. The molecule has 14 heavy (non-hydrogen) atoms. The van der Waals surface area contributed by atoms with Gasteiger partial charge in [-0.3, -0.25) is 0 Å². The number of hydrogen-bond acceptors (Lipinski definition) is 2. The maximum absolute atomic E-state index is 5.87. The predicted octanol–water partition coefficient (Wildman–Crippen LogP) is 2.88. The van der Waals surface area contributed by atoms with Crippen molar-refractivity contribution < 1.29 is 4.74 Å². The van der Waals surface area contributed by atoms with E-state index in [0.717, 1.165) is 22.9 Å². The minimum absolute atomic E-state index is 0. The van der Waals surface area contributed by atoms with E-state index in [1.807, 2.05) is 32.2 Å². The Balaban J connectivity index is 0.00000169. The smallest absolute Gasteiger partial charge is 0.123 e. The molecule has 0 saturated carbocycles. The summed E-state index contributed by atoms with van der Waals surface area (Å²) >= 11 is 5.87. The molecule has 2 nitrogen and oxygen atoms in total. The van der Waals surface area contributed by atoms with Gasteiger partial charge in [0.15, 0.2) is 0 Å². The summed E-state index contributed by atoms with van der Waals surface area (Å²) in [6.07, 6.45) is 0. The first kappa shape index (κ1) is 13.6. The van der Waals surface area contributed by atoms with Crippen molar-refractivity contribution in [2.24, 2.45) is 0 Å². The van der Waals surface area contributed by atoms with Crippen molar-refractivity contribution in [3.05, 3.63) is 28.8 Å². The monoisotopic (exact) mass is 235 g/mol. The van der Waals surface area contributed by atoms with Gasteiger partial charge in [-0.1, -0.05) is 11.6 Å². The first-order chi connectivity index (χ1) is 6.27. The molecule has 1 aromatic carbocycles. The molecular weight excluding hydrogens is 221 g/mol. The number of hydrogen-bond donors (Lipinski definition) is 1. The molecule has 0 amide bonds. The van der Waals surface area contributed by atoms with Gasteiger partial charge in [-0.05, 0) is 32.2 Å². The largest absolute Gasteiger partial charge is 0.494 e. The van der Waals surface area contributed by atoms with Crippen LogP contribution in [0, 0.1) is 0 Å². The summed E-state index contributed by atoms with van der Waals surface area (Å²) in [6, 6.07) is 5.66. The molecule has 0 aliphatic rings. The van der Waals surface area contributed by atoms with Crippen molar-refractivity contribution in [2.45, 2.75) is 13.5 Å². The highest BCUT2D eigenvalue weighted by molar-refractivity contribution is 6.30. The van der Waals surface area contributed by atoms with Crippen LogP contribution in [0.15, 0.2) is 18.2 Å². The lowest BCUT2D eigenvalue weighted by Gasteiger charge is -2.09. The quantitative estimate of drug-likeness (QED) is 0.867. The van der Waals surface area contributed by atoms with Gasteiger partial charge in [0.05, 0.1) is 6.61 Å². The van der Waals surface area contributed by atoms with Gasteiger partial charge in [0, 0.05) is 17.1 Å². The van der Waals surface area contributed by atoms with Crippen molar-refractivity contribution in [1.29, 1.82) is 0 Å². The molecule has 0 radical (unpaired) electrons. The highest BCUT2D eigenvalue weighted by Crippen LogP contribution is 2.22. The molecule has 0 aliphatic heterocycles. The third kappa shape index (κ3) is 3.74. The van der Waals surface area contributed by atoms with Crippen LogP contribution >= 0.6 is 24.0 Å². The van der Waals surface area contributed by atoms with Crippen LogP contribution in [0.25, 0.3) is 0 Å². The van der Waals surface area contributed by atoms with Gasteiger partial charge in [-0.25, -0.2) is 0 Å². The second-order valence-electron chi connectivity index (χ2n) is 2.72. The maximum atomic E-state index is 5.87. The number of rotatable bonds is 4. The van der Waals surface area contributed by atoms with Crippen molar-refractivity contribution >= 4 is 24.0 Å². The fraction of sp³-hybridized carbons (Fsp3) is 0.400. The molecule has 1 rings (SSSR count). The number of benzene rings is 1. The van der Waals surface area contributed by atoms with Crippen LogP contribution in [0.3, 0.4) is 0 Å². The van der Waals surface area contributed by atoms with Crippen LogP contribution < -0.4 is 10.1 Å². The van der Waals surface area contributed by atoms with Gasteiger partial charge in [0.25, 0.3) is 0 Å². The Kier molecular flexibility index (Phi) is 6.71. The molecule has 80 valence electrons. The van der Waals surface area contributed by atoms with E-state index < -0.39 is 0 Å². The van der Waals surface area contributed by atoms with Crippen molar-refractivity contribution in [2.75, 3.05) is 13.7 Å². The minimum atomic E-state index is 0. The third-order valence-corrected chi connectivity index (χ3v) is 1.92. The minimum Gasteiger partial charge on any atom is -0.494 e. The Morgan fingerprint density at radius 2 is 2.14 bits per heavy atom. The molecule has 4 heteroatoms. The third-order valence-electron chi connectivity index (χ3n) is 1.69. The fourth-order valence-electron chi connectivity index (χ4n) is 1.17. The fourth-order valence-corrected chi connectivity index (χ4v) is 1.37. The van der Waals surface area contributed by atoms with Gasteiger partial charge >= 0.3 is 0 Å². The van der Waals surface area contributed by atoms with E-state index in [-0.39, 0.29) is 12.4 Å². The van der Waals surface area contributed by atoms with Crippen LogP contribution in [0.5, 0.6) is 5.75 Å². The first-order valence-electron chi connectivity index (χ1n) is 4.33. The lowest BCUT2D eigenvalue weighted by Crippen LogP contribution is -2.07. The summed E-state index contributed by atoms with van der Waals surface area (Å²) in [7, 11) is 1.90. The lowest BCUT2D eigenvalue weighted by molar-refractivity contribution is 0.336. The molecule has 0 unspecified atom stereocenters. The molecule has 1 aromatic rings. The standard InChI is InChI=1S/C10H14ClNO.ClH/c1-3-13-10-5-4-9(11)6-8(10)7-12-2;/h4-6,12H,3,7H2,1-2H3;1H. The molecule has 0 bridgehead atoms. The van der Waals surface area contributed by atoms with Crippen LogP contribution in [-0.2, 0) is 6.54 Å². The first-order valence-corrected chi connectivity index (χ1v) is 4.71. The van der Waals surface area contributed by atoms with E-state index in [1.54, 1.807) is 0 Å². The van der Waals surface area contributed by atoms with Crippen LogP contribution in [-0.4, -0.2) is 13.7 Å². The van der Waals surface area contributed by atoms with Gasteiger partial charge in [0.2, 0.25) is 0 Å². The summed E-state index contributed by atoms with van der Waals surface area (Å²) in [5.74, 6) is 0.904. The van der Waals surface area contributed by atoms with E-state index in [0.29, 0.717) is 6.61 Å². The van der Waals surface area contributed by atoms with Gasteiger partial charge in [-0.2, -0.15) is 0 Å². The highest BCUT2D eigenvalue weighted by atomic mass is 35.5. The number of halogens is 2. The molecule has 0 aliphatic carbocycles. The van der Waals surface area contributed by atoms with E-state index in [4.69, 9.17) is 16.3 Å². The van der Waals surface area contributed by atoms with E-state index in [1.165, 1.54) is 0 Å². The normalized spacial score (nSPS) is 9.36. The Morgan fingerprint density at radius 3 is 2.71 bits per heavy atom. The van der Waals surface area contributed by atoms with Gasteiger partial charge in [0.1, 0.15) is 5.75 Å². The Labute approximate surface area is 96.0 Å². The molecule has 0 heterocycles. The van der Waals surface area contributed by atoms with E-state index in [2.05, 4.69) is 5.32 Å². The van der Waals surface area contributed by atoms with Gasteiger partial charge in [-0.15, -0.1) is 12.4 Å². The van der Waals surface area contributed by atoms with E-state index >= 15 is 0 Å². The maximum Gasteiger partial charge on any atom is 0.123 e. The van der Waals surface area contributed by atoms with Crippen LogP contribution in [0.2, 0.25) is 5.02 Å². The molecule has 0 aromatic heterocycles. The zero-order valence-electron chi connectivity index (χ0n) is 8.34. The summed E-state index contributed by atoms with van der Waals surface area (Å²) in [5, 5.41) is 3.82. The summed E-state index contributed by atoms with van der Waals surface area (Å²) < 4.78 is 5.45. The van der Waals surface area contributed by atoms with Crippen molar-refractivity contribution in [3.8, 4) is 5.75 Å². The topological polar surface area (TPSA) is 21.3 Å². The van der Waals surface area contributed by atoms with E-state index in [9.17, 15) is 0 Å². The summed E-state index contributed by atoms with van der Waals surface area (Å²) in [4.78, 5) is 0. The number of nitrogens with one attached hydrogen (secondary N) is 1. The molecule has 0 saturated heterocycles. The predicted molar refractivity (Wildman–Crippen MR) is 62.6 cm³/mol. The van der Waals surface area contributed by atoms with Gasteiger partial charge < -0.3 is 10.1 Å². The summed E-state index contributed by atoms with van der Waals surface area (Å²) in [6.45, 7) is 3.42. The Morgan fingerprint density at radius 1 is 1.43 bits per heavy atom. The molecular formula is C10H15Cl2NO. The Hall–Kier alpha value is -0.440. The summed E-state index contributed by atoms with van der Waals surface area (Å²) in [5.41, 5.74) is 1.09. The SMILES string of the molecule is CCOc1ccc(Cl)cc1CNC.Cl. The molecule has 0 fully saturated rings. The highest BCUT2D eigenvalue weighted by Gasteiger charge is 2.02. The average Bonchev–Trinajstić information content (AvgIpc) is 2.10. The van der Waals surface area contributed by atoms with Crippen molar-refractivity contribution in [1.82, 2.24) is 5.32 Å². The van der Waals surface area contributed by atoms with Crippen molar-refractivity contribution in [3.63, 3.8) is 0 Å². The van der Waals surface area contributed by atoms with Crippen LogP contribution in [0.4, 0.5) is 0 Å². The number of ether oxygens (including phenoxy) is 1. The van der Waals surface area contributed by atoms with Crippen LogP contribution in [0.1, 0.15) is 12.5 Å². The lowest BCUT2D eigenvalue weighted by atomic mass is 10.2. The second kappa shape index (κ2) is 6.93. The second-order valence-corrected chi connectivity index (χ2v) is 3.15. The molecule has 0 atom stereocenters.